The van der Waals surface area contributed by atoms with Crippen LogP contribution in [0.4, 0.5) is 0 Å². The lowest BCUT2D eigenvalue weighted by atomic mass is 10.0. The number of carbonyl (C=O) groups is 2. The van der Waals surface area contributed by atoms with Crippen LogP contribution in [0.1, 0.15) is 40.5 Å². The highest BCUT2D eigenvalue weighted by molar-refractivity contribution is 5.98. The summed E-state index contributed by atoms with van der Waals surface area (Å²) in [5, 5.41) is 0. The molecule has 0 bridgehead atoms. The fraction of sp³-hybridized carbons (Fsp3) is 0.636. The van der Waals surface area contributed by atoms with E-state index in [2.05, 4.69) is 13.8 Å². The third-order valence-electron chi connectivity index (χ3n) is 1.73. The van der Waals surface area contributed by atoms with E-state index in [1.807, 2.05) is 6.08 Å². The lowest BCUT2D eigenvalue weighted by Crippen LogP contribution is -2.02. The van der Waals surface area contributed by atoms with Crippen molar-refractivity contribution in [1.82, 2.24) is 0 Å². The van der Waals surface area contributed by atoms with Gasteiger partial charge in [0, 0.05) is 6.42 Å². The first kappa shape index (κ1) is 12.1. The zero-order valence-electron chi connectivity index (χ0n) is 8.89. The highest BCUT2D eigenvalue weighted by Crippen LogP contribution is 2.09. The van der Waals surface area contributed by atoms with Gasteiger partial charge in [-0.25, -0.2) is 0 Å². The van der Waals surface area contributed by atoms with Crippen LogP contribution in [0.2, 0.25) is 0 Å². The molecule has 0 amide bonds. The van der Waals surface area contributed by atoms with Crippen LogP contribution >= 0.6 is 0 Å². The molecule has 0 saturated heterocycles. The maximum absolute atomic E-state index is 11.1. The van der Waals surface area contributed by atoms with Crippen molar-refractivity contribution in [3.05, 3.63) is 11.6 Å². The smallest absolute Gasteiger partial charge is 0.155 e. The first-order valence-electron chi connectivity index (χ1n) is 4.63. The van der Waals surface area contributed by atoms with Crippen LogP contribution in [0.5, 0.6) is 0 Å². The summed E-state index contributed by atoms with van der Waals surface area (Å²) in [6, 6.07) is 0. The maximum Gasteiger partial charge on any atom is 0.155 e. The van der Waals surface area contributed by atoms with Gasteiger partial charge >= 0.3 is 0 Å². The van der Waals surface area contributed by atoms with Crippen molar-refractivity contribution in [2.45, 2.75) is 40.5 Å². The Bertz CT molecular complexity index is 224. The zero-order chi connectivity index (χ0) is 10.4. The molecule has 0 aromatic rings. The van der Waals surface area contributed by atoms with Gasteiger partial charge in [0.25, 0.3) is 0 Å². The summed E-state index contributed by atoms with van der Waals surface area (Å²) in [7, 11) is 0. The van der Waals surface area contributed by atoms with Gasteiger partial charge in [0.05, 0.1) is 0 Å². The van der Waals surface area contributed by atoms with Crippen molar-refractivity contribution in [3.63, 3.8) is 0 Å². The van der Waals surface area contributed by atoms with E-state index in [0.29, 0.717) is 11.5 Å². The standard InChI is InChI=1S/C11H18O2/c1-8(2)5-6-11(10(4)13)7-9(3)12/h6,8H,5,7H2,1-4H3/b11-6+. The molecule has 0 aromatic carbocycles. The Morgan fingerprint density at radius 3 is 2.08 bits per heavy atom. The van der Waals surface area contributed by atoms with Crippen LogP contribution in [-0.4, -0.2) is 11.6 Å². The van der Waals surface area contributed by atoms with E-state index in [1.54, 1.807) is 0 Å². The summed E-state index contributed by atoms with van der Waals surface area (Å²) in [5.41, 5.74) is 0.654. The third-order valence-corrected chi connectivity index (χ3v) is 1.73. The second kappa shape index (κ2) is 5.68. The first-order chi connectivity index (χ1) is 5.93. The Labute approximate surface area is 80.0 Å². The molecule has 2 heteroatoms. The molecule has 0 aliphatic carbocycles. The van der Waals surface area contributed by atoms with Crippen molar-refractivity contribution < 1.29 is 9.59 Å². The SMILES string of the molecule is CC(=O)C/C(=C\CC(C)C)C(C)=O. The first-order valence-corrected chi connectivity index (χ1v) is 4.63. The van der Waals surface area contributed by atoms with Crippen molar-refractivity contribution in [3.8, 4) is 0 Å². The van der Waals surface area contributed by atoms with Gasteiger partial charge in [0.2, 0.25) is 0 Å². The molecule has 0 N–H and O–H groups in total. The topological polar surface area (TPSA) is 34.1 Å². The maximum atomic E-state index is 11.1. The predicted molar refractivity (Wildman–Crippen MR) is 53.5 cm³/mol. The third kappa shape index (κ3) is 6.26. The Morgan fingerprint density at radius 1 is 1.23 bits per heavy atom. The summed E-state index contributed by atoms with van der Waals surface area (Å²) in [6.07, 6.45) is 3.03. The van der Waals surface area contributed by atoms with Gasteiger partial charge in [-0.15, -0.1) is 0 Å². The molecule has 0 aromatic heterocycles. The second-order valence-electron chi connectivity index (χ2n) is 3.79. The van der Waals surface area contributed by atoms with Crippen molar-refractivity contribution in [1.29, 1.82) is 0 Å². The number of carbonyl (C=O) groups excluding carboxylic acids is 2. The molecule has 74 valence electrons. The predicted octanol–water partition coefficient (Wildman–Crippen LogP) is 2.53. The van der Waals surface area contributed by atoms with Crippen LogP contribution in [0.3, 0.4) is 0 Å². The van der Waals surface area contributed by atoms with Gasteiger partial charge in [-0.3, -0.25) is 9.59 Å². The van der Waals surface area contributed by atoms with E-state index < -0.39 is 0 Å². The number of ketones is 2. The van der Waals surface area contributed by atoms with E-state index >= 15 is 0 Å². The van der Waals surface area contributed by atoms with Gasteiger partial charge in [-0.1, -0.05) is 19.9 Å². The molecule has 0 atom stereocenters. The number of allylic oxidation sites excluding steroid dienone is 2. The Hall–Kier alpha value is -0.920. The molecular formula is C11H18O2. The molecule has 0 spiro atoms. The Balaban J connectivity index is 4.32. The van der Waals surface area contributed by atoms with E-state index in [-0.39, 0.29) is 18.0 Å². The minimum Gasteiger partial charge on any atom is -0.300 e. The molecule has 0 saturated carbocycles. The molecule has 0 rings (SSSR count). The second-order valence-corrected chi connectivity index (χ2v) is 3.79. The van der Waals surface area contributed by atoms with Crippen molar-refractivity contribution in [2.24, 2.45) is 5.92 Å². The Kier molecular flexibility index (Phi) is 5.28. The van der Waals surface area contributed by atoms with Crippen LogP contribution in [-0.2, 0) is 9.59 Å². The summed E-state index contributed by atoms with van der Waals surface area (Å²) in [4.78, 5) is 21.9. The molecule has 2 nitrogen and oxygen atoms in total. The number of Topliss-reactive ketones (excluding diaryl/α,β-unsaturated/α-hetero) is 2. The summed E-state index contributed by atoms with van der Waals surface area (Å²) < 4.78 is 0. The molecule has 0 fully saturated rings. The van der Waals surface area contributed by atoms with Gasteiger partial charge < -0.3 is 0 Å². The van der Waals surface area contributed by atoms with E-state index in [9.17, 15) is 9.59 Å². The lowest BCUT2D eigenvalue weighted by Gasteiger charge is -2.02. The van der Waals surface area contributed by atoms with Gasteiger partial charge in [0.15, 0.2) is 5.78 Å². The van der Waals surface area contributed by atoms with E-state index in [0.717, 1.165) is 6.42 Å². The van der Waals surface area contributed by atoms with E-state index in [1.165, 1.54) is 13.8 Å². The number of hydrogen-bond donors (Lipinski definition) is 0. The van der Waals surface area contributed by atoms with Crippen LogP contribution in [0, 0.1) is 5.92 Å². The van der Waals surface area contributed by atoms with Crippen LogP contribution < -0.4 is 0 Å². The highest BCUT2D eigenvalue weighted by atomic mass is 16.1. The number of rotatable bonds is 5. The van der Waals surface area contributed by atoms with E-state index in [4.69, 9.17) is 0 Å². The molecule has 13 heavy (non-hydrogen) atoms. The molecule has 0 aliphatic rings. The van der Waals surface area contributed by atoms with Gasteiger partial charge in [0.1, 0.15) is 5.78 Å². The number of hydrogen-bond acceptors (Lipinski definition) is 2. The summed E-state index contributed by atoms with van der Waals surface area (Å²) in [5.74, 6) is 0.586. The fourth-order valence-corrected chi connectivity index (χ4v) is 0.987. The summed E-state index contributed by atoms with van der Waals surface area (Å²) >= 11 is 0. The average Bonchev–Trinajstić information content (AvgIpc) is 1.96. The molecule has 0 heterocycles. The molecule has 0 radical (unpaired) electrons. The summed E-state index contributed by atoms with van der Waals surface area (Å²) in [6.45, 7) is 7.19. The van der Waals surface area contributed by atoms with Gasteiger partial charge in [-0.05, 0) is 31.8 Å². The molecular weight excluding hydrogens is 164 g/mol. The fourth-order valence-electron chi connectivity index (χ4n) is 0.987. The zero-order valence-corrected chi connectivity index (χ0v) is 8.89. The van der Waals surface area contributed by atoms with Crippen molar-refractivity contribution >= 4 is 11.6 Å². The molecule has 0 aliphatic heterocycles. The molecule has 0 unspecified atom stereocenters. The lowest BCUT2D eigenvalue weighted by molar-refractivity contribution is -0.119. The largest absolute Gasteiger partial charge is 0.300 e. The monoisotopic (exact) mass is 182 g/mol. The van der Waals surface area contributed by atoms with Crippen molar-refractivity contribution in [2.75, 3.05) is 0 Å². The average molecular weight is 182 g/mol. The highest BCUT2D eigenvalue weighted by Gasteiger charge is 2.06. The van der Waals surface area contributed by atoms with Crippen LogP contribution in [0.15, 0.2) is 11.6 Å². The minimum absolute atomic E-state index is 0.0100. The Morgan fingerprint density at radius 2 is 1.77 bits per heavy atom. The van der Waals surface area contributed by atoms with Crippen LogP contribution in [0.25, 0.3) is 0 Å². The normalized spacial score (nSPS) is 11.9. The minimum atomic E-state index is 0.0100. The quantitative estimate of drug-likeness (QED) is 0.612. The van der Waals surface area contributed by atoms with Gasteiger partial charge in [-0.2, -0.15) is 0 Å².